The van der Waals surface area contributed by atoms with Crippen LogP contribution in [0.4, 0.5) is 26.7 Å². The number of carbonyl (C=O) groups is 1. The SMILES string of the molecule is COc1cc(F)c(C(C)C)cc1-c1cc(F)ccc1CN1C(=O)OC(c2cc(C)cc(C(F)(F)F)c2)[C@@H]1C. The third kappa shape index (κ3) is 5.33. The summed E-state index contributed by atoms with van der Waals surface area (Å²) in [6, 6.07) is 9.88. The number of hydrogen-bond acceptors (Lipinski definition) is 3. The van der Waals surface area contributed by atoms with Crippen LogP contribution in [0.1, 0.15) is 60.6 Å². The van der Waals surface area contributed by atoms with E-state index in [4.69, 9.17) is 9.47 Å². The van der Waals surface area contributed by atoms with Crippen molar-refractivity contribution in [3.8, 4) is 16.9 Å². The maximum Gasteiger partial charge on any atom is 0.416 e. The molecule has 1 unspecified atom stereocenters. The van der Waals surface area contributed by atoms with E-state index >= 15 is 0 Å². The molecule has 0 aromatic heterocycles. The number of hydrogen-bond donors (Lipinski definition) is 0. The van der Waals surface area contributed by atoms with Crippen molar-refractivity contribution in [2.75, 3.05) is 7.11 Å². The number of aryl methyl sites for hydroxylation is 1. The fourth-order valence-corrected chi connectivity index (χ4v) is 4.81. The van der Waals surface area contributed by atoms with Gasteiger partial charge in [0.1, 0.15) is 23.5 Å². The highest BCUT2D eigenvalue weighted by Crippen LogP contribution is 2.40. The Kier molecular flexibility index (Phi) is 7.41. The number of nitrogens with zero attached hydrogens (tertiary/aromatic N) is 1. The van der Waals surface area contributed by atoms with Crippen LogP contribution in [0, 0.1) is 18.6 Å². The lowest BCUT2D eigenvalue weighted by molar-refractivity contribution is -0.137. The van der Waals surface area contributed by atoms with Gasteiger partial charge in [-0.2, -0.15) is 13.2 Å². The van der Waals surface area contributed by atoms with Crippen molar-refractivity contribution < 1.29 is 36.2 Å². The molecule has 0 N–H and O–H groups in total. The zero-order chi connectivity index (χ0) is 27.9. The lowest BCUT2D eigenvalue weighted by Crippen LogP contribution is -2.31. The maximum absolute atomic E-state index is 14.6. The Bertz CT molecular complexity index is 1370. The topological polar surface area (TPSA) is 38.8 Å². The number of benzene rings is 3. The summed E-state index contributed by atoms with van der Waals surface area (Å²) in [5.74, 6) is -0.930. The Morgan fingerprint density at radius 1 is 1.03 bits per heavy atom. The van der Waals surface area contributed by atoms with Gasteiger partial charge in [0.2, 0.25) is 0 Å². The minimum Gasteiger partial charge on any atom is -0.496 e. The van der Waals surface area contributed by atoms with E-state index in [2.05, 4.69) is 0 Å². The molecule has 1 fully saturated rings. The quantitative estimate of drug-likeness (QED) is 0.300. The molecular formula is C29H28F5NO3. The van der Waals surface area contributed by atoms with Crippen molar-refractivity contribution in [2.45, 2.75) is 58.5 Å². The number of ether oxygens (including phenoxy) is 2. The first-order valence-corrected chi connectivity index (χ1v) is 12.1. The number of alkyl halides is 3. The lowest BCUT2D eigenvalue weighted by atomic mass is 9.92. The van der Waals surface area contributed by atoms with Crippen LogP contribution in [-0.2, 0) is 17.5 Å². The van der Waals surface area contributed by atoms with Crippen molar-refractivity contribution in [2.24, 2.45) is 0 Å². The van der Waals surface area contributed by atoms with E-state index in [9.17, 15) is 26.7 Å². The number of carbonyl (C=O) groups excluding carboxylic acids is 1. The largest absolute Gasteiger partial charge is 0.496 e. The average Bonchev–Trinajstić information content (AvgIpc) is 3.12. The molecule has 0 spiro atoms. The molecule has 2 atom stereocenters. The van der Waals surface area contributed by atoms with Gasteiger partial charge in [-0.15, -0.1) is 0 Å². The number of cyclic esters (lactones) is 1. The molecule has 0 saturated carbocycles. The Morgan fingerprint density at radius 3 is 2.37 bits per heavy atom. The summed E-state index contributed by atoms with van der Waals surface area (Å²) in [7, 11) is 1.38. The highest BCUT2D eigenvalue weighted by molar-refractivity contribution is 5.76. The highest BCUT2D eigenvalue weighted by atomic mass is 19.4. The van der Waals surface area contributed by atoms with Gasteiger partial charge in [-0.05, 0) is 72.4 Å². The van der Waals surface area contributed by atoms with Gasteiger partial charge in [-0.25, -0.2) is 13.6 Å². The van der Waals surface area contributed by atoms with Crippen molar-refractivity contribution in [1.29, 1.82) is 0 Å². The van der Waals surface area contributed by atoms with Gasteiger partial charge in [0.15, 0.2) is 0 Å². The van der Waals surface area contributed by atoms with E-state index < -0.39 is 41.6 Å². The van der Waals surface area contributed by atoms with Gasteiger partial charge >= 0.3 is 12.3 Å². The van der Waals surface area contributed by atoms with E-state index in [1.807, 2.05) is 13.8 Å². The minimum atomic E-state index is -4.54. The first-order valence-electron chi connectivity index (χ1n) is 12.1. The van der Waals surface area contributed by atoms with Crippen molar-refractivity contribution in [3.63, 3.8) is 0 Å². The second-order valence-electron chi connectivity index (χ2n) is 9.83. The molecule has 38 heavy (non-hydrogen) atoms. The zero-order valence-electron chi connectivity index (χ0n) is 21.6. The maximum atomic E-state index is 14.6. The smallest absolute Gasteiger partial charge is 0.416 e. The first-order chi connectivity index (χ1) is 17.8. The van der Waals surface area contributed by atoms with Crippen LogP contribution in [0.3, 0.4) is 0 Å². The van der Waals surface area contributed by atoms with Gasteiger partial charge in [0.25, 0.3) is 0 Å². The van der Waals surface area contributed by atoms with Crippen molar-refractivity contribution in [3.05, 3.63) is 88.0 Å². The highest BCUT2D eigenvalue weighted by Gasteiger charge is 2.41. The summed E-state index contributed by atoms with van der Waals surface area (Å²) in [4.78, 5) is 14.3. The summed E-state index contributed by atoms with van der Waals surface area (Å²) in [6.07, 6.45) is -6.18. The molecular weight excluding hydrogens is 505 g/mol. The van der Waals surface area contributed by atoms with E-state index in [0.29, 0.717) is 27.8 Å². The summed E-state index contributed by atoms with van der Waals surface area (Å²) in [5.41, 5.74) is 1.63. The molecule has 0 aliphatic carbocycles. The zero-order valence-corrected chi connectivity index (χ0v) is 21.6. The second kappa shape index (κ2) is 10.3. The number of amides is 1. The molecule has 1 aliphatic rings. The van der Waals surface area contributed by atoms with Crippen LogP contribution >= 0.6 is 0 Å². The predicted octanol–water partition coefficient (Wildman–Crippen LogP) is 8.17. The van der Waals surface area contributed by atoms with Crippen LogP contribution in [-0.4, -0.2) is 24.1 Å². The van der Waals surface area contributed by atoms with E-state index in [-0.39, 0.29) is 23.8 Å². The normalized spacial score (nSPS) is 17.8. The first kappa shape index (κ1) is 27.4. The number of rotatable bonds is 6. The third-order valence-corrected chi connectivity index (χ3v) is 6.79. The molecule has 4 rings (SSSR count). The fourth-order valence-electron chi connectivity index (χ4n) is 4.81. The molecule has 4 nitrogen and oxygen atoms in total. The molecule has 1 aliphatic heterocycles. The summed E-state index contributed by atoms with van der Waals surface area (Å²) >= 11 is 0. The molecule has 0 bridgehead atoms. The Balaban J connectivity index is 1.72. The van der Waals surface area contributed by atoms with Gasteiger partial charge < -0.3 is 9.47 Å². The van der Waals surface area contributed by atoms with Crippen LogP contribution in [0.25, 0.3) is 11.1 Å². The Labute approximate surface area is 218 Å². The van der Waals surface area contributed by atoms with Crippen LogP contribution < -0.4 is 4.74 Å². The molecule has 0 radical (unpaired) electrons. The molecule has 3 aromatic rings. The Hall–Kier alpha value is -3.62. The average molecular weight is 534 g/mol. The molecule has 1 amide bonds. The fraction of sp³-hybridized carbons (Fsp3) is 0.345. The van der Waals surface area contributed by atoms with Crippen molar-refractivity contribution >= 4 is 6.09 Å². The number of halogens is 5. The predicted molar refractivity (Wildman–Crippen MR) is 133 cm³/mol. The third-order valence-electron chi connectivity index (χ3n) is 6.79. The summed E-state index contributed by atoms with van der Waals surface area (Å²) in [6.45, 7) is 6.88. The molecule has 202 valence electrons. The van der Waals surface area contributed by atoms with Gasteiger partial charge in [0, 0.05) is 11.6 Å². The van der Waals surface area contributed by atoms with Crippen LogP contribution in [0.5, 0.6) is 5.75 Å². The van der Waals surface area contributed by atoms with Gasteiger partial charge in [-0.3, -0.25) is 4.90 Å². The summed E-state index contributed by atoms with van der Waals surface area (Å²) < 4.78 is 80.1. The van der Waals surface area contributed by atoms with Gasteiger partial charge in [-0.1, -0.05) is 31.5 Å². The number of methoxy groups -OCH3 is 1. The van der Waals surface area contributed by atoms with Crippen molar-refractivity contribution in [1.82, 2.24) is 4.90 Å². The molecule has 3 aromatic carbocycles. The standard InChI is InChI=1S/C29H28F5NO3/c1-15(2)22-12-24(26(37-5)13-25(22)31)23-11-21(30)7-6-18(23)14-35-17(4)27(38-28(35)36)19-8-16(3)9-20(10-19)29(32,33)34/h6-13,15,17,27H,14H2,1-5H3/t17-,27?/m0/s1. The minimum absolute atomic E-state index is 0.0123. The summed E-state index contributed by atoms with van der Waals surface area (Å²) in [5, 5.41) is 0. The van der Waals surface area contributed by atoms with E-state index in [0.717, 1.165) is 12.1 Å². The van der Waals surface area contributed by atoms with Gasteiger partial charge in [0.05, 0.1) is 25.3 Å². The second-order valence-corrected chi connectivity index (χ2v) is 9.83. The van der Waals surface area contributed by atoms with E-state index in [1.165, 1.54) is 36.3 Å². The monoisotopic (exact) mass is 533 g/mol. The van der Waals surface area contributed by atoms with E-state index in [1.54, 1.807) is 26.0 Å². The molecule has 1 saturated heterocycles. The lowest BCUT2D eigenvalue weighted by Gasteiger charge is -2.24. The Morgan fingerprint density at radius 2 is 1.74 bits per heavy atom. The molecule has 1 heterocycles. The van der Waals surface area contributed by atoms with Crippen LogP contribution in [0.15, 0.2) is 48.5 Å². The van der Waals surface area contributed by atoms with Crippen LogP contribution in [0.2, 0.25) is 0 Å². The molecule has 9 heteroatoms.